The maximum atomic E-state index is 11.8. The molecular formula is C16H23N3O3S. The zero-order valence-corrected chi connectivity index (χ0v) is 14.7. The molecule has 0 saturated carbocycles. The average Bonchev–Trinajstić information content (AvgIpc) is 3.03. The van der Waals surface area contributed by atoms with Crippen LogP contribution in [0.2, 0.25) is 0 Å². The Labute approximate surface area is 139 Å². The van der Waals surface area contributed by atoms with Gasteiger partial charge in [0, 0.05) is 17.8 Å². The predicted octanol–water partition coefficient (Wildman–Crippen LogP) is 2.41. The normalized spacial score (nSPS) is 13.6. The first-order valence-corrected chi connectivity index (χ1v) is 8.33. The Hall–Kier alpha value is -1.86. The van der Waals surface area contributed by atoms with Gasteiger partial charge in [-0.3, -0.25) is 0 Å². The number of amides is 2. The fourth-order valence-corrected chi connectivity index (χ4v) is 3.16. The summed E-state index contributed by atoms with van der Waals surface area (Å²) >= 11 is 1.65. The van der Waals surface area contributed by atoms with E-state index in [0.29, 0.717) is 12.3 Å². The fourth-order valence-electron chi connectivity index (χ4n) is 2.22. The zero-order chi connectivity index (χ0) is 17.0. The summed E-state index contributed by atoms with van der Waals surface area (Å²) in [5.41, 5.74) is -0.220. The van der Waals surface area contributed by atoms with Crippen molar-refractivity contribution in [3.8, 4) is 0 Å². The highest BCUT2D eigenvalue weighted by Crippen LogP contribution is 2.21. The van der Waals surface area contributed by atoms with E-state index < -0.39 is 5.60 Å². The number of furan rings is 1. The molecule has 0 saturated heterocycles. The predicted molar refractivity (Wildman–Crippen MR) is 89.7 cm³/mol. The second-order valence-electron chi connectivity index (χ2n) is 5.79. The topological polar surface area (TPSA) is 87.4 Å². The number of urea groups is 1. The van der Waals surface area contributed by atoms with Gasteiger partial charge in [-0.2, -0.15) is 0 Å². The molecule has 2 aromatic heterocycles. The summed E-state index contributed by atoms with van der Waals surface area (Å²) in [6, 6.07) is 3.18. The number of thiazole rings is 1. The molecule has 0 aliphatic carbocycles. The number of hydrogen-bond donors (Lipinski definition) is 3. The minimum atomic E-state index is -1.24. The number of hydrogen-bond acceptors (Lipinski definition) is 5. The second-order valence-corrected chi connectivity index (χ2v) is 7.07. The van der Waals surface area contributed by atoms with E-state index in [4.69, 9.17) is 4.42 Å². The largest absolute Gasteiger partial charge is 0.463 e. The van der Waals surface area contributed by atoms with Gasteiger partial charge in [-0.15, -0.1) is 11.3 Å². The SMILES string of the molecule is Cc1ccc([C@](C)(O)CNC(=O)NCCc2sc(C)nc2C)o1. The van der Waals surface area contributed by atoms with Gasteiger partial charge in [0.1, 0.15) is 17.1 Å². The van der Waals surface area contributed by atoms with E-state index in [2.05, 4.69) is 15.6 Å². The monoisotopic (exact) mass is 337 g/mol. The third-order valence-electron chi connectivity index (χ3n) is 3.50. The Morgan fingerprint density at radius 3 is 2.65 bits per heavy atom. The first kappa shape index (κ1) is 17.5. The van der Waals surface area contributed by atoms with Gasteiger partial charge in [0.05, 0.1) is 17.2 Å². The maximum absolute atomic E-state index is 11.8. The van der Waals surface area contributed by atoms with Crippen molar-refractivity contribution in [2.45, 2.75) is 39.7 Å². The molecule has 0 fully saturated rings. The highest BCUT2D eigenvalue weighted by Gasteiger charge is 2.27. The number of carbonyl (C=O) groups excluding carboxylic acids is 1. The molecule has 3 N–H and O–H groups in total. The molecule has 0 unspecified atom stereocenters. The van der Waals surface area contributed by atoms with Crippen LogP contribution in [-0.2, 0) is 12.0 Å². The summed E-state index contributed by atoms with van der Waals surface area (Å²) in [7, 11) is 0. The van der Waals surface area contributed by atoms with E-state index in [1.165, 1.54) is 4.88 Å². The van der Waals surface area contributed by atoms with E-state index in [0.717, 1.165) is 22.9 Å². The van der Waals surface area contributed by atoms with E-state index in [9.17, 15) is 9.90 Å². The minimum absolute atomic E-state index is 0.0739. The molecule has 6 nitrogen and oxygen atoms in total. The molecule has 0 radical (unpaired) electrons. The number of carbonyl (C=O) groups is 1. The molecule has 0 aromatic carbocycles. The lowest BCUT2D eigenvalue weighted by Crippen LogP contribution is -2.43. The Morgan fingerprint density at radius 2 is 2.09 bits per heavy atom. The smallest absolute Gasteiger partial charge is 0.314 e. The van der Waals surface area contributed by atoms with Crippen molar-refractivity contribution in [2.24, 2.45) is 0 Å². The number of nitrogens with one attached hydrogen (secondary N) is 2. The number of aliphatic hydroxyl groups is 1. The first-order valence-electron chi connectivity index (χ1n) is 7.52. The molecule has 0 spiro atoms. The lowest BCUT2D eigenvalue weighted by atomic mass is 10.0. The maximum Gasteiger partial charge on any atom is 0.314 e. The van der Waals surface area contributed by atoms with Gasteiger partial charge < -0.3 is 20.2 Å². The molecule has 0 aliphatic heterocycles. The van der Waals surface area contributed by atoms with Gasteiger partial charge in [0.15, 0.2) is 0 Å². The van der Waals surface area contributed by atoms with Crippen molar-refractivity contribution in [1.82, 2.24) is 15.6 Å². The second kappa shape index (κ2) is 7.14. The zero-order valence-electron chi connectivity index (χ0n) is 13.9. The van der Waals surface area contributed by atoms with Crippen LogP contribution in [0, 0.1) is 20.8 Å². The van der Waals surface area contributed by atoms with Gasteiger partial charge in [0.2, 0.25) is 0 Å². The van der Waals surface area contributed by atoms with Gasteiger partial charge in [-0.25, -0.2) is 9.78 Å². The Bertz CT molecular complexity index is 676. The summed E-state index contributed by atoms with van der Waals surface area (Å²) in [6.07, 6.45) is 0.749. The van der Waals surface area contributed by atoms with Crippen LogP contribution in [0.4, 0.5) is 4.79 Å². The number of aryl methyl sites for hydroxylation is 3. The molecule has 2 aromatic rings. The molecule has 0 aliphatic rings. The van der Waals surface area contributed by atoms with E-state index in [1.54, 1.807) is 30.4 Å². The molecule has 1 atom stereocenters. The summed E-state index contributed by atoms with van der Waals surface area (Å²) in [4.78, 5) is 17.4. The Kier molecular flexibility index (Phi) is 5.43. The molecule has 2 rings (SSSR count). The number of rotatable bonds is 6. The molecule has 2 amide bonds. The summed E-state index contributed by atoms with van der Waals surface area (Å²) in [5.74, 6) is 1.16. The van der Waals surface area contributed by atoms with Gasteiger partial charge in [0.25, 0.3) is 0 Å². The summed E-state index contributed by atoms with van der Waals surface area (Å²) in [5, 5.41) is 16.8. The van der Waals surface area contributed by atoms with Crippen molar-refractivity contribution in [3.05, 3.63) is 39.2 Å². The fraction of sp³-hybridized carbons (Fsp3) is 0.500. The van der Waals surface area contributed by atoms with Crippen molar-refractivity contribution in [2.75, 3.05) is 13.1 Å². The molecular weight excluding hydrogens is 314 g/mol. The third kappa shape index (κ3) is 4.80. The van der Waals surface area contributed by atoms with Crippen LogP contribution in [-0.4, -0.2) is 29.2 Å². The highest BCUT2D eigenvalue weighted by molar-refractivity contribution is 7.11. The first-order chi connectivity index (χ1) is 10.8. The Morgan fingerprint density at radius 1 is 1.35 bits per heavy atom. The van der Waals surface area contributed by atoms with Crippen molar-refractivity contribution >= 4 is 17.4 Å². The molecule has 0 bridgehead atoms. The number of nitrogens with zero attached hydrogens (tertiary/aromatic N) is 1. The van der Waals surface area contributed by atoms with Crippen LogP contribution in [0.25, 0.3) is 0 Å². The third-order valence-corrected chi connectivity index (χ3v) is 4.63. The summed E-state index contributed by atoms with van der Waals surface area (Å²) < 4.78 is 5.41. The standard InChI is InChI=1S/C16H23N3O3S/c1-10-5-6-14(22-10)16(4,21)9-18-15(20)17-8-7-13-11(2)19-12(3)23-13/h5-6,21H,7-9H2,1-4H3,(H2,17,18,20)/t16-/m1/s1. The number of aromatic nitrogens is 1. The molecule has 2 heterocycles. The van der Waals surface area contributed by atoms with Crippen LogP contribution in [0.15, 0.2) is 16.5 Å². The van der Waals surface area contributed by atoms with Crippen LogP contribution in [0.3, 0.4) is 0 Å². The minimum Gasteiger partial charge on any atom is -0.463 e. The quantitative estimate of drug-likeness (QED) is 0.755. The Balaban J connectivity index is 1.75. The van der Waals surface area contributed by atoms with Crippen molar-refractivity contribution < 1.29 is 14.3 Å². The summed E-state index contributed by atoms with van der Waals surface area (Å²) in [6.45, 7) is 7.96. The van der Waals surface area contributed by atoms with Crippen LogP contribution in [0.5, 0.6) is 0 Å². The van der Waals surface area contributed by atoms with E-state index in [1.807, 2.05) is 20.8 Å². The average molecular weight is 337 g/mol. The van der Waals surface area contributed by atoms with Gasteiger partial charge >= 0.3 is 6.03 Å². The van der Waals surface area contributed by atoms with Gasteiger partial charge in [-0.1, -0.05) is 0 Å². The van der Waals surface area contributed by atoms with Crippen LogP contribution < -0.4 is 10.6 Å². The van der Waals surface area contributed by atoms with Crippen molar-refractivity contribution in [1.29, 1.82) is 0 Å². The molecule has 126 valence electrons. The highest BCUT2D eigenvalue weighted by atomic mass is 32.1. The van der Waals surface area contributed by atoms with Crippen LogP contribution in [0.1, 0.15) is 34.0 Å². The van der Waals surface area contributed by atoms with E-state index in [-0.39, 0.29) is 12.6 Å². The molecule has 23 heavy (non-hydrogen) atoms. The van der Waals surface area contributed by atoms with Gasteiger partial charge in [-0.05, 0) is 39.8 Å². The van der Waals surface area contributed by atoms with Crippen LogP contribution >= 0.6 is 11.3 Å². The van der Waals surface area contributed by atoms with E-state index >= 15 is 0 Å². The van der Waals surface area contributed by atoms with Crippen molar-refractivity contribution in [3.63, 3.8) is 0 Å². The molecule has 7 heteroatoms. The lowest BCUT2D eigenvalue weighted by molar-refractivity contribution is 0.0360. The lowest BCUT2D eigenvalue weighted by Gasteiger charge is -2.21.